The molecule has 4 amide bonds. The van der Waals surface area contributed by atoms with E-state index in [1.54, 1.807) is 25.5 Å². The minimum absolute atomic E-state index is 0.0930. The lowest BCUT2D eigenvalue weighted by Crippen LogP contribution is -2.49. The molecule has 0 spiro atoms. The number of imide groups is 1. The maximum Gasteiger partial charge on any atom is 0.407 e. The summed E-state index contributed by atoms with van der Waals surface area (Å²) in [5, 5.41) is 20.4. The van der Waals surface area contributed by atoms with E-state index < -0.39 is 27.7 Å². The molecule has 0 unspecified atom stereocenters. The fourth-order valence-corrected chi connectivity index (χ4v) is 8.58. The molecule has 3 fully saturated rings. The lowest BCUT2D eigenvalue weighted by molar-refractivity contribution is -0.120. The van der Waals surface area contributed by atoms with E-state index in [1.807, 2.05) is 13.1 Å². The summed E-state index contributed by atoms with van der Waals surface area (Å²) in [6.45, 7) is 8.75. The number of amides is 4. The topological polar surface area (TPSA) is 170 Å². The van der Waals surface area contributed by atoms with Gasteiger partial charge >= 0.3 is 12.1 Å². The summed E-state index contributed by atoms with van der Waals surface area (Å²) >= 11 is 0. The van der Waals surface area contributed by atoms with Crippen molar-refractivity contribution in [3.8, 4) is 17.9 Å². The van der Waals surface area contributed by atoms with E-state index in [1.165, 1.54) is 33.0 Å². The number of carbonyl (C=O) groups excluding carboxylic acids is 3. The Bertz CT molecular complexity index is 2110. The molecule has 1 aromatic heterocycles. The van der Waals surface area contributed by atoms with Crippen LogP contribution in [0.15, 0.2) is 41.3 Å². The van der Waals surface area contributed by atoms with Crippen LogP contribution < -0.4 is 15.5 Å². The van der Waals surface area contributed by atoms with Gasteiger partial charge in [-0.25, -0.2) is 18.0 Å². The third-order valence-corrected chi connectivity index (χ3v) is 11.8. The van der Waals surface area contributed by atoms with Crippen LogP contribution in [-0.4, -0.2) is 96.3 Å². The van der Waals surface area contributed by atoms with Crippen molar-refractivity contribution in [2.45, 2.75) is 81.8 Å². The number of nitrogens with one attached hydrogen (secondary N) is 2. The van der Waals surface area contributed by atoms with Gasteiger partial charge in [-0.15, -0.1) is 0 Å². The average Bonchev–Trinajstić information content (AvgIpc) is 3.44. The smallest absolute Gasteiger partial charge is 0.407 e. The van der Waals surface area contributed by atoms with E-state index in [0.29, 0.717) is 48.7 Å². The number of sulfonamides is 1. The molecule has 280 valence electrons. The minimum Gasteiger partial charge on any atom is -0.444 e. The predicted octanol–water partition coefficient (Wildman–Crippen LogP) is 4.19. The van der Waals surface area contributed by atoms with Gasteiger partial charge in [0.15, 0.2) is 5.82 Å². The Morgan fingerprint density at radius 3 is 2.43 bits per heavy atom. The second-order valence-corrected chi connectivity index (χ2v) is 16.7. The first-order valence-corrected chi connectivity index (χ1v) is 19.5. The summed E-state index contributed by atoms with van der Waals surface area (Å²) in [6.07, 6.45) is 3.18. The Kier molecular flexibility index (Phi) is 11.1. The molecule has 2 N–H and O–H groups in total. The van der Waals surface area contributed by atoms with E-state index in [2.05, 4.69) is 50.7 Å². The fourth-order valence-electron chi connectivity index (χ4n) is 7.09. The minimum atomic E-state index is -3.82. The van der Waals surface area contributed by atoms with Crippen LogP contribution in [0, 0.1) is 23.2 Å². The molecule has 2 aromatic carbocycles. The van der Waals surface area contributed by atoms with Crippen molar-refractivity contribution in [1.82, 2.24) is 29.6 Å². The normalized spacial score (nSPS) is 18.3. The number of anilines is 1. The number of fused-ring (bicyclic) bond motifs is 1. The Morgan fingerprint density at radius 1 is 1.02 bits per heavy atom. The Labute approximate surface area is 310 Å². The monoisotopic (exact) mass is 742 g/mol. The molecule has 53 heavy (non-hydrogen) atoms. The van der Waals surface area contributed by atoms with Crippen LogP contribution in [0.4, 0.5) is 15.4 Å². The maximum absolute atomic E-state index is 13.5. The van der Waals surface area contributed by atoms with E-state index in [9.17, 15) is 28.1 Å². The van der Waals surface area contributed by atoms with Gasteiger partial charge in [-0.3, -0.25) is 19.7 Å². The number of alkyl carbamates (subject to hydrolysis) is 1. The molecule has 14 nitrogen and oxygen atoms in total. The molecule has 15 heteroatoms. The number of aromatic nitrogens is 2. The van der Waals surface area contributed by atoms with Crippen LogP contribution in [-0.2, 0) is 26.6 Å². The second kappa shape index (κ2) is 15.6. The highest BCUT2D eigenvalue weighted by atomic mass is 32.2. The van der Waals surface area contributed by atoms with Crippen molar-refractivity contribution in [2.75, 3.05) is 44.2 Å². The van der Waals surface area contributed by atoms with Crippen molar-refractivity contribution in [2.24, 2.45) is 7.05 Å². The van der Waals surface area contributed by atoms with Crippen LogP contribution in [0.2, 0.25) is 0 Å². The van der Waals surface area contributed by atoms with Gasteiger partial charge in [-0.2, -0.15) is 14.7 Å². The van der Waals surface area contributed by atoms with Crippen molar-refractivity contribution in [3.05, 3.63) is 53.1 Å². The predicted molar refractivity (Wildman–Crippen MR) is 198 cm³/mol. The van der Waals surface area contributed by atoms with Crippen LogP contribution >= 0.6 is 0 Å². The summed E-state index contributed by atoms with van der Waals surface area (Å²) in [7, 11) is -1.96. The second-order valence-electron chi connectivity index (χ2n) is 14.8. The van der Waals surface area contributed by atoms with Crippen molar-refractivity contribution in [1.29, 1.82) is 5.26 Å². The number of carbonyl (C=O) groups is 3. The maximum atomic E-state index is 13.5. The fraction of sp³-hybridized carbons (Fsp3) is 0.500. The summed E-state index contributed by atoms with van der Waals surface area (Å²) in [5.41, 5.74) is 2.26. The quantitative estimate of drug-likeness (QED) is 0.337. The van der Waals surface area contributed by atoms with Crippen LogP contribution in [0.5, 0.6) is 0 Å². The number of benzene rings is 2. The number of hydrogen-bond donors (Lipinski definition) is 2. The Hall–Kier alpha value is -4.96. The number of nitrogens with zero attached hydrogens (tertiary/aromatic N) is 6. The van der Waals surface area contributed by atoms with Gasteiger partial charge in [0.1, 0.15) is 11.7 Å². The SMILES string of the molecule is Cn1nc(N2CCC(=O)NC2=O)c2ccc(C3CCN(CCC#Cc4cc(S(=O)(=O)N5CCC(NC(=O)OC(C)(C)C)CC5)ccc4C#N)CC3)cc21. The van der Waals surface area contributed by atoms with Gasteiger partial charge in [-0.1, -0.05) is 17.9 Å². The van der Waals surface area contributed by atoms with Gasteiger partial charge in [0, 0.05) is 63.1 Å². The molecule has 0 saturated carbocycles. The van der Waals surface area contributed by atoms with Gasteiger partial charge in [0.05, 0.1) is 16.0 Å². The van der Waals surface area contributed by atoms with Crippen molar-refractivity contribution in [3.63, 3.8) is 0 Å². The third-order valence-electron chi connectivity index (χ3n) is 9.92. The zero-order valence-electron chi connectivity index (χ0n) is 30.6. The molecule has 4 heterocycles. The van der Waals surface area contributed by atoms with E-state index in [4.69, 9.17) is 4.74 Å². The number of aryl methyl sites for hydroxylation is 1. The zero-order valence-corrected chi connectivity index (χ0v) is 31.5. The lowest BCUT2D eigenvalue weighted by Gasteiger charge is -2.32. The number of ether oxygens (including phenoxy) is 1. The van der Waals surface area contributed by atoms with Gasteiger partial charge in [-0.05, 0) is 101 Å². The van der Waals surface area contributed by atoms with Gasteiger partial charge in [0.25, 0.3) is 0 Å². The first-order valence-electron chi connectivity index (χ1n) is 18.0. The average molecular weight is 743 g/mol. The first-order chi connectivity index (χ1) is 25.2. The molecular weight excluding hydrogens is 697 g/mol. The molecule has 0 aliphatic carbocycles. The third kappa shape index (κ3) is 8.82. The summed E-state index contributed by atoms with van der Waals surface area (Å²) in [4.78, 5) is 40.2. The highest BCUT2D eigenvalue weighted by molar-refractivity contribution is 7.89. The van der Waals surface area contributed by atoms with Crippen LogP contribution in [0.25, 0.3) is 10.9 Å². The van der Waals surface area contributed by atoms with Crippen LogP contribution in [0.3, 0.4) is 0 Å². The standard InChI is InChI=1S/C38H46N8O6S/c1-38(2,3)52-37(49)40-30-14-20-45(21-15-30)53(50,51)31-10-8-29(25-39)27(23-31)7-5-6-17-44-18-12-26(13-19-44)28-9-11-32-33(24-28)43(4)42-35(32)46-22-16-34(47)41-36(46)48/h8-11,23-24,26,30H,6,12-22H2,1-4H3,(H,40,49)(H,41,47,48). The molecule has 0 radical (unpaired) electrons. The number of urea groups is 1. The zero-order chi connectivity index (χ0) is 37.9. The number of hydrogen-bond acceptors (Lipinski definition) is 9. The number of nitriles is 1. The number of rotatable bonds is 7. The molecule has 3 aliphatic rings. The first kappa shape index (κ1) is 37.8. The summed E-state index contributed by atoms with van der Waals surface area (Å²) in [5.74, 6) is 6.87. The molecule has 0 atom stereocenters. The molecule has 3 aliphatic heterocycles. The highest BCUT2D eigenvalue weighted by Gasteiger charge is 2.32. The Balaban J connectivity index is 1.02. The molecule has 6 rings (SSSR count). The highest BCUT2D eigenvalue weighted by Crippen LogP contribution is 2.33. The largest absolute Gasteiger partial charge is 0.444 e. The number of likely N-dealkylation sites (tertiary alicyclic amines) is 1. The summed E-state index contributed by atoms with van der Waals surface area (Å²) in [6, 6.07) is 12.2. The van der Waals surface area contributed by atoms with Crippen LogP contribution in [0.1, 0.15) is 81.9 Å². The van der Waals surface area contributed by atoms with Crippen molar-refractivity contribution < 1.29 is 27.5 Å². The van der Waals surface area contributed by atoms with E-state index in [0.717, 1.165) is 43.4 Å². The molecule has 3 aromatic rings. The molecular formula is C38H46N8O6S. The summed E-state index contributed by atoms with van der Waals surface area (Å²) < 4.78 is 35.6. The number of piperidine rings is 2. The molecule has 0 bridgehead atoms. The molecule has 3 saturated heterocycles. The van der Waals surface area contributed by atoms with Gasteiger partial charge in [0.2, 0.25) is 15.9 Å². The van der Waals surface area contributed by atoms with E-state index >= 15 is 0 Å². The van der Waals surface area contributed by atoms with Gasteiger partial charge < -0.3 is 15.0 Å². The lowest BCUT2D eigenvalue weighted by atomic mass is 9.89. The Morgan fingerprint density at radius 2 is 1.75 bits per heavy atom. The van der Waals surface area contributed by atoms with E-state index in [-0.39, 0.29) is 36.4 Å². The van der Waals surface area contributed by atoms with Crippen molar-refractivity contribution >= 4 is 44.8 Å².